The Hall–Kier alpha value is -1.43. The maximum atomic E-state index is 5.34. The molecular formula is C12H23N5O. The summed E-state index contributed by atoms with van der Waals surface area (Å²) in [5, 5.41) is 1.57. The Kier molecular flexibility index (Phi) is 6.35. The molecule has 0 bridgehead atoms. The van der Waals surface area contributed by atoms with E-state index in [0.29, 0.717) is 12.6 Å². The Labute approximate surface area is 109 Å². The molecule has 0 aliphatic rings. The molecule has 1 rings (SSSR count). The van der Waals surface area contributed by atoms with Crippen molar-refractivity contribution in [3.63, 3.8) is 0 Å². The van der Waals surface area contributed by atoms with Crippen LogP contribution in [0.15, 0.2) is 6.33 Å². The molecule has 0 fully saturated rings. The average Bonchev–Trinajstić information content (AvgIpc) is 2.39. The van der Waals surface area contributed by atoms with Crippen molar-refractivity contribution in [2.45, 2.75) is 33.6 Å². The van der Waals surface area contributed by atoms with E-state index < -0.39 is 0 Å². The normalized spacial score (nSPS) is 10.4. The van der Waals surface area contributed by atoms with Crippen LogP contribution in [-0.4, -0.2) is 41.7 Å². The van der Waals surface area contributed by atoms with Gasteiger partial charge in [-0.2, -0.15) is 9.97 Å². The molecule has 0 saturated heterocycles. The number of hydrogen-bond acceptors (Lipinski definition) is 6. The predicted molar refractivity (Wildman–Crippen MR) is 72.7 cm³/mol. The highest BCUT2D eigenvalue weighted by atomic mass is 16.7. The molecule has 0 N–H and O–H groups in total. The van der Waals surface area contributed by atoms with Gasteiger partial charge in [-0.15, -0.1) is 0 Å². The van der Waals surface area contributed by atoms with Crippen LogP contribution in [0.25, 0.3) is 0 Å². The first-order valence-corrected chi connectivity index (χ1v) is 6.53. The third-order valence-electron chi connectivity index (χ3n) is 2.42. The first kappa shape index (κ1) is 14.6. The Morgan fingerprint density at radius 2 is 1.67 bits per heavy atom. The number of hydrogen-bond donors (Lipinski definition) is 0. The molecule has 0 spiro atoms. The fraction of sp³-hybridized carbons (Fsp3) is 0.750. The highest BCUT2D eigenvalue weighted by Gasteiger charge is 2.11. The zero-order valence-electron chi connectivity index (χ0n) is 11.8. The Balaban J connectivity index is 2.84. The fourth-order valence-electron chi connectivity index (χ4n) is 1.69. The molecule has 18 heavy (non-hydrogen) atoms. The molecule has 6 nitrogen and oxygen atoms in total. The van der Waals surface area contributed by atoms with Crippen molar-refractivity contribution in [2.75, 3.05) is 36.7 Å². The van der Waals surface area contributed by atoms with Crippen LogP contribution in [0.3, 0.4) is 0 Å². The summed E-state index contributed by atoms with van der Waals surface area (Å²) < 4.78 is 0. The number of hydroxylamine groups is 1. The van der Waals surface area contributed by atoms with Crippen LogP contribution in [0.4, 0.5) is 11.9 Å². The van der Waals surface area contributed by atoms with Crippen LogP contribution in [-0.2, 0) is 4.84 Å². The summed E-state index contributed by atoms with van der Waals surface area (Å²) in [5.74, 6) is 1.26. The highest BCUT2D eigenvalue weighted by Crippen LogP contribution is 2.12. The second-order valence-electron chi connectivity index (χ2n) is 3.99. The molecule has 0 radical (unpaired) electrons. The van der Waals surface area contributed by atoms with E-state index >= 15 is 0 Å². The minimum absolute atomic E-state index is 0.541. The minimum Gasteiger partial charge on any atom is -0.341 e. The van der Waals surface area contributed by atoms with Crippen molar-refractivity contribution < 1.29 is 4.84 Å². The van der Waals surface area contributed by atoms with E-state index in [1.807, 2.05) is 6.92 Å². The van der Waals surface area contributed by atoms with E-state index in [2.05, 4.69) is 33.7 Å². The van der Waals surface area contributed by atoms with E-state index in [0.717, 1.165) is 31.9 Å². The Bertz CT molecular complexity index is 341. The molecule has 0 aliphatic heterocycles. The summed E-state index contributed by atoms with van der Waals surface area (Å²) in [4.78, 5) is 20.3. The molecular weight excluding hydrogens is 230 g/mol. The number of anilines is 2. The Morgan fingerprint density at radius 3 is 2.22 bits per heavy atom. The lowest BCUT2D eigenvalue weighted by Crippen LogP contribution is -2.28. The van der Waals surface area contributed by atoms with Crippen LogP contribution in [0.5, 0.6) is 0 Å². The van der Waals surface area contributed by atoms with Gasteiger partial charge in [-0.3, -0.25) is 4.84 Å². The molecule has 0 unspecified atom stereocenters. The van der Waals surface area contributed by atoms with E-state index in [1.54, 1.807) is 12.1 Å². The molecule has 102 valence electrons. The maximum absolute atomic E-state index is 5.34. The maximum Gasteiger partial charge on any atom is 0.254 e. The van der Waals surface area contributed by atoms with Gasteiger partial charge in [0.25, 0.3) is 5.95 Å². The summed E-state index contributed by atoms with van der Waals surface area (Å²) >= 11 is 0. The van der Waals surface area contributed by atoms with E-state index in [1.165, 1.54) is 6.33 Å². The summed E-state index contributed by atoms with van der Waals surface area (Å²) in [5.41, 5.74) is 0. The van der Waals surface area contributed by atoms with Gasteiger partial charge in [-0.25, -0.2) is 10.0 Å². The standard InChI is InChI=1S/C12H23N5O/c1-5-8-17(9-6-2)12-14-10-13-11(15-12)16(4)18-7-3/h10H,5-9H2,1-4H3. The zero-order valence-corrected chi connectivity index (χ0v) is 11.8. The van der Waals surface area contributed by atoms with E-state index in [-0.39, 0.29) is 0 Å². The molecule has 1 heterocycles. The van der Waals surface area contributed by atoms with Gasteiger partial charge in [0.2, 0.25) is 5.95 Å². The molecule has 0 amide bonds. The van der Waals surface area contributed by atoms with E-state index in [4.69, 9.17) is 4.84 Å². The lowest BCUT2D eigenvalue weighted by Gasteiger charge is -2.22. The first-order chi connectivity index (χ1) is 8.72. The quantitative estimate of drug-likeness (QED) is 0.659. The molecule has 6 heteroatoms. The average molecular weight is 253 g/mol. The molecule has 1 aromatic heterocycles. The van der Waals surface area contributed by atoms with Crippen LogP contribution in [0.2, 0.25) is 0 Å². The van der Waals surface area contributed by atoms with Gasteiger partial charge in [0.05, 0.1) is 6.61 Å². The summed E-state index contributed by atoms with van der Waals surface area (Å²) in [7, 11) is 1.80. The number of nitrogens with zero attached hydrogens (tertiary/aromatic N) is 5. The Morgan fingerprint density at radius 1 is 1.06 bits per heavy atom. The van der Waals surface area contributed by atoms with Crippen molar-refractivity contribution >= 4 is 11.9 Å². The predicted octanol–water partition coefficient (Wildman–Crippen LogP) is 1.89. The number of aromatic nitrogens is 3. The second kappa shape index (κ2) is 7.81. The lowest BCUT2D eigenvalue weighted by molar-refractivity contribution is 0.131. The molecule has 0 saturated carbocycles. The van der Waals surface area contributed by atoms with Gasteiger partial charge in [-0.1, -0.05) is 13.8 Å². The topological polar surface area (TPSA) is 54.4 Å². The summed E-state index contributed by atoms with van der Waals surface area (Å²) in [6, 6.07) is 0. The molecule has 1 aromatic rings. The van der Waals surface area contributed by atoms with Crippen molar-refractivity contribution in [1.82, 2.24) is 15.0 Å². The lowest BCUT2D eigenvalue weighted by atomic mass is 10.4. The van der Waals surface area contributed by atoms with Crippen LogP contribution in [0, 0.1) is 0 Å². The SMILES string of the molecule is CCCN(CCC)c1ncnc(N(C)OCC)n1. The van der Waals surface area contributed by atoms with Crippen molar-refractivity contribution in [2.24, 2.45) is 0 Å². The fourth-order valence-corrected chi connectivity index (χ4v) is 1.69. The van der Waals surface area contributed by atoms with Gasteiger partial charge in [0.15, 0.2) is 0 Å². The van der Waals surface area contributed by atoms with Crippen LogP contribution in [0.1, 0.15) is 33.6 Å². The van der Waals surface area contributed by atoms with Gasteiger partial charge in [0, 0.05) is 20.1 Å². The van der Waals surface area contributed by atoms with Crippen LogP contribution >= 0.6 is 0 Å². The monoisotopic (exact) mass is 253 g/mol. The number of rotatable bonds is 8. The molecule has 0 aliphatic carbocycles. The largest absolute Gasteiger partial charge is 0.341 e. The zero-order chi connectivity index (χ0) is 13.4. The summed E-state index contributed by atoms with van der Waals surface area (Å²) in [6.07, 6.45) is 3.68. The molecule has 0 atom stereocenters. The van der Waals surface area contributed by atoms with Gasteiger partial charge >= 0.3 is 0 Å². The van der Waals surface area contributed by atoms with Gasteiger partial charge in [-0.05, 0) is 19.8 Å². The van der Waals surface area contributed by atoms with Crippen molar-refractivity contribution in [3.05, 3.63) is 6.33 Å². The summed E-state index contributed by atoms with van der Waals surface area (Å²) in [6.45, 7) is 8.73. The third kappa shape index (κ3) is 4.10. The smallest absolute Gasteiger partial charge is 0.254 e. The minimum atomic E-state index is 0.541. The first-order valence-electron chi connectivity index (χ1n) is 6.53. The van der Waals surface area contributed by atoms with E-state index in [9.17, 15) is 0 Å². The molecule has 0 aromatic carbocycles. The highest BCUT2D eigenvalue weighted by molar-refractivity contribution is 5.35. The third-order valence-corrected chi connectivity index (χ3v) is 2.42. The van der Waals surface area contributed by atoms with Crippen molar-refractivity contribution in [3.8, 4) is 0 Å². The van der Waals surface area contributed by atoms with Gasteiger partial charge in [0.1, 0.15) is 6.33 Å². The van der Waals surface area contributed by atoms with Crippen molar-refractivity contribution in [1.29, 1.82) is 0 Å². The second-order valence-corrected chi connectivity index (χ2v) is 3.99. The van der Waals surface area contributed by atoms with Crippen LogP contribution < -0.4 is 9.96 Å². The van der Waals surface area contributed by atoms with Gasteiger partial charge < -0.3 is 4.90 Å².